The third-order valence-corrected chi connectivity index (χ3v) is 3.49. The van der Waals surface area contributed by atoms with E-state index in [9.17, 15) is 4.79 Å². The molecule has 0 aromatic heterocycles. The third-order valence-electron chi connectivity index (χ3n) is 3.49. The molecule has 1 heteroatoms. The summed E-state index contributed by atoms with van der Waals surface area (Å²) in [6.07, 6.45) is 4.45. The second kappa shape index (κ2) is 6.22. The van der Waals surface area contributed by atoms with Crippen LogP contribution in [0.2, 0.25) is 0 Å². The summed E-state index contributed by atoms with van der Waals surface area (Å²) in [4.78, 5) is 11.4. The van der Waals surface area contributed by atoms with Gasteiger partial charge in [-0.25, -0.2) is 0 Å². The largest absolute Gasteiger partial charge is 0.300 e. The molecule has 0 aromatic rings. The first-order valence-corrected chi connectivity index (χ1v) is 6.33. The Labute approximate surface area is 101 Å². The van der Waals surface area contributed by atoms with Gasteiger partial charge >= 0.3 is 0 Å². The van der Waals surface area contributed by atoms with Crippen molar-refractivity contribution in [3.8, 4) is 0 Å². The lowest BCUT2D eigenvalue weighted by Gasteiger charge is -2.29. The van der Waals surface area contributed by atoms with Gasteiger partial charge in [0.25, 0.3) is 0 Å². The van der Waals surface area contributed by atoms with E-state index in [0.717, 1.165) is 12.8 Å². The minimum atomic E-state index is 0.0735. The van der Waals surface area contributed by atoms with Gasteiger partial charge in [0, 0.05) is 5.92 Å². The quantitative estimate of drug-likeness (QED) is 0.602. The van der Waals surface area contributed by atoms with Crippen LogP contribution in [0.1, 0.15) is 61.3 Å². The van der Waals surface area contributed by atoms with E-state index in [-0.39, 0.29) is 11.3 Å². The molecule has 0 radical (unpaired) electrons. The fraction of sp³-hybridized carbons (Fsp3) is 0.800. The van der Waals surface area contributed by atoms with Crippen molar-refractivity contribution in [2.24, 2.45) is 17.3 Å². The van der Waals surface area contributed by atoms with E-state index in [1.165, 1.54) is 5.57 Å². The minimum absolute atomic E-state index is 0.0735. The number of carbonyl (C=O) groups excluding carboxylic acids is 1. The maximum atomic E-state index is 11.4. The van der Waals surface area contributed by atoms with Crippen LogP contribution in [-0.4, -0.2) is 5.78 Å². The van der Waals surface area contributed by atoms with E-state index in [4.69, 9.17) is 0 Å². The molecule has 0 bridgehead atoms. The fourth-order valence-electron chi connectivity index (χ4n) is 1.89. The molecule has 1 nitrogen and oxygen atoms in total. The second-order valence-electron chi connectivity index (χ2n) is 6.17. The molecule has 0 aliphatic heterocycles. The van der Waals surface area contributed by atoms with Crippen molar-refractivity contribution in [2.45, 2.75) is 61.3 Å². The molecule has 0 aromatic carbocycles. The van der Waals surface area contributed by atoms with E-state index in [1.54, 1.807) is 6.92 Å². The van der Waals surface area contributed by atoms with Crippen LogP contribution in [0.15, 0.2) is 11.6 Å². The zero-order valence-electron chi connectivity index (χ0n) is 12.1. The molecule has 0 N–H and O–H groups in total. The maximum Gasteiger partial charge on any atom is 0.133 e. The SMILES string of the molecule is CC(=O)C(C)C(C)(C)CC=C(C)CC(C)C. The number of carbonyl (C=O) groups is 1. The summed E-state index contributed by atoms with van der Waals surface area (Å²) in [5, 5.41) is 0. The predicted molar refractivity (Wildman–Crippen MR) is 71.5 cm³/mol. The van der Waals surface area contributed by atoms with Gasteiger partial charge in [-0.05, 0) is 38.0 Å². The van der Waals surface area contributed by atoms with Crippen molar-refractivity contribution in [3.05, 3.63) is 11.6 Å². The van der Waals surface area contributed by atoms with Crippen LogP contribution >= 0.6 is 0 Å². The van der Waals surface area contributed by atoms with Crippen LogP contribution < -0.4 is 0 Å². The highest BCUT2D eigenvalue weighted by Gasteiger charge is 2.27. The molecule has 1 unspecified atom stereocenters. The van der Waals surface area contributed by atoms with Crippen LogP contribution in [0.5, 0.6) is 0 Å². The van der Waals surface area contributed by atoms with Crippen LogP contribution in [-0.2, 0) is 4.79 Å². The highest BCUT2D eigenvalue weighted by molar-refractivity contribution is 5.78. The summed E-state index contributed by atoms with van der Waals surface area (Å²) < 4.78 is 0. The molecule has 1 atom stereocenters. The lowest BCUT2D eigenvalue weighted by molar-refractivity contribution is -0.123. The zero-order chi connectivity index (χ0) is 12.9. The van der Waals surface area contributed by atoms with Crippen molar-refractivity contribution in [2.75, 3.05) is 0 Å². The van der Waals surface area contributed by atoms with Crippen LogP contribution in [0.3, 0.4) is 0 Å². The van der Waals surface area contributed by atoms with E-state index >= 15 is 0 Å². The van der Waals surface area contributed by atoms with Gasteiger partial charge in [0.05, 0.1) is 0 Å². The molecule has 16 heavy (non-hydrogen) atoms. The molecule has 0 aliphatic rings. The monoisotopic (exact) mass is 224 g/mol. The molecule has 0 heterocycles. The molecule has 0 saturated carbocycles. The predicted octanol–water partition coefficient (Wildman–Crippen LogP) is 4.62. The molecule has 0 aliphatic carbocycles. The van der Waals surface area contributed by atoms with Crippen LogP contribution in [0.25, 0.3) is 0 Å². The van der Waals surface area contributed by atoms with E-state index in [1.807, 2.05) is 6.92 Å². The summed E-state index contributed by atoms with van der Waals surface area (Å²) in [6.45, 7) is 14.7. The molecule has 0 spiro atoms. The molecule has 0 fully saturated rings. The van der Waals surface area contributed by atoms with Gasteiger partial charge in [-0.3, -0.25) is 4.79 Å². The van der Waals surface area contributed by atoms with Crippen molar-refractivity contribution < 1.29 is 4.79 Å². The van der Waals surface area contributed by atoms with Crippen molar-refractivity contribution >= 4 is 5.78 Å². The molecule has 0 saturated heterocycles. The normalized spacial score (nSPS) is 15.4. The number of allylic oxidation sites excluding steroid dienone is 2. The van der Waals surface area contributed by atoms with Gasteiger partial charge in [0.2, 0.25) is 0 Å². The van der Waals surface area contributed by atoms with Crippen LogP contribution in [0.4, 0.5) is 0 Å². The van der Waals surface area contributed by atoms with Crippen LogP contribution in [0, 0.1) is 17.3 Å². The van der Waals surface area contributed by atoms with Gasteiger partial charge in [0.15, 0.2) is 0 Å². The summed E-state index contributed by atoms with van der Waals surface area (Å²) >= 11 is 0. The Morgan fingerprint density at radius 3 is 2.06 bits per heavy atom. The lowest BCUT2D eigenvalue weighted by atomic mass is 9.75. The minimum Gasteiger partial charge on any atom is -0.300 e. The van der Waals surface area contributed by atoms with Crippen molar-refractivity contribution in [3.63, 3.8) is 0 Å². The molecular formula is C15H28O. The highest BCUT2D eigenvalue weighted by atomic mass is 16.1. The van der Waals surface area contributed by atoms with Crippen molar-refractivity contribution in [1.29, 1.82) is 0 Å². The van der Waals surface area contributed by atoms with Gasteiger partial charge in [-0.1, -0.05) is 46.3 Å². The number of hydrogen-bond donors (Lipinski definition) is 0. The molecular weight excluding hydrogens is 196 g/mol. The topological polar surface area (TPSA) is 17.1 Å². The Bertz CT molecular complexity index is 259. The first kappa shape index (κ1) is 15.4. The standard InChI is InChI=1S/C15H28O/c1-11(2)10-12(3)8-9-15(6,7)13(4)14(5)16/h8,11,13H,9-10H2,1-7H3. The van der Waals surface area contributed by atoms with Gasteiger partial charge in [-0.15, -0.1) is 0 Å². The number of ketones is 1. The second-order valence-corrected chi connectivity index (χ2v) is 6.17. The van der Waals surface area contributed by atoms with E-state index < -0.39 is 0 Å². The summed E-state index contributed by atoms with van der Waals surface area (Å²) in [5.74, 6) is 1.14. The van der Waals surface area contributed by atoms with Gasteiger partial charge in [0.1, 0.15) is 5.78 Å². The number of rotatable bonds is 6. The fourth-order valence-corrected chi connectivity index (χ4v) is 1.89. The Hall–Kier alpha value is -0.590. The Kier molecular flexibility index (Phi) is 5.99. The van der Waals surface area contributed by atoms with Crippen molar-refractivity contribution in [1.82, 2.24) is 0 Å². The third kappa shape index (κ3) is 5.48. The zero-order valence-corrected chi connectivity index (χ0v) is 12.1. The first-order valence-electron chi connectivity index (χ1n) is 6.33. The number of Topliss-reactive ketones (excluding diaryl/α,β-unsaturated/α-hetero) is 1. The Morgan fingerprint density at radius 2 is 1.69 bits per heavy atom. The van der Waals surface area contributed by atoms with Gasteiger partial charge < -0.3 is 0 Å². The maximum absolute atomic E-state index is 11.4. The van der Waals surface area contributed by atoms with E-state index in [0.29, 0.717) is 11.7 Å². The molecule has 94 valence electrons. The lowest BCUT2D eigenvalue weighted by Crippen LogP contribution is -2.26. The number of hydrogen-bond acceptors (Lipinski definition) is 1. The summed E-state index contributed by atoms with van der Waals surface area (Å²) in [5.41, 5.74) is 1.52. The Balaban J connectivity index is 4.42. The first-order chi connectivity index (χ1) is 7.16. The smallest absolute Gasteiger partial charge is 0.133 e. The average molecular weight is 224 g/mol. The van der Waals surface area contributed by atoms with E-state index in [2.05, 4.69) is 40.7 Å². The average Bonchev–Trinajstić information content (AvgIpc) is 2.12. The molecule has 0 rings (SSSR count). The summed E-state index contributed by atoms with van der Waals surface area (Å²) in [7, 11) is 0. The highest BCUT2D eigenvalue weighted by Crippen LogP contribution is 2.32. The summed E-state index contributed by atoms with van der Waals surface area (Å²) in [6, 6.07) is 0. The van der Waals surface area contributed by atoms with Gasteiger partial charge in [-0.2, -0.15) is 0 Å². The molecule has 0 amide bonds. The Morgan fingerprint density at radius 1 is 1.19 bits per heavy atom.